The topological polar surface area (TPSA) is 102 Å². The molecule has 0 aromatic rings. The Labute approximate surface area is 113 Å². The molecule has 108 valence electrons. The number of hydrogen-bond donors (Lipinski definition) is 1. The van der Waals surface area contributed by atoms with Crippen LogP contribution in [0.1, 0.15) is 26.7 Å². The van der Waals surface area contributed by atoms with Gasteiger partial charge in [0.05, 0.1) is 12.0 Å². The van der Waals surface area contributed by atoms with E-state index in [4.69, 9.17) is 10.4 Å². The summed E-state index contributed by atoms with van der Waals surface area (Å²) < 4.78 is 27.0. The maximum absolute atomic E-state index is 12.4. The molecule has 1 N–H and O–H groups in total. The van der Waals surface area contributed by atoms with Gasteiger partial charge in [-0.1, -0.05) is 6.92 Å². The number of nitriles is 1. The fourth-order valence-corrected chi connectivity index (χ4v) is 4.06. The molecule has 1 saturated heterocycles. The smallest absolute Gasteiger partial charge is 0.322 e. The zero-order valence-corrected chi connectivity index (χ0v) is 11.9. The summed E-state index contributed by atoms with van der Waals surface area (Å²) in [6.07, 6.45) is 0.876. The first kappa shape index (κ1) is 15.9. The van der Waals surface area contributed by atoms with E-state index in [1.165, 1.54) is 4.31 Å². The molecule has 1 fully saturated rings. The van der Waals surface area contributed by atoms with E-state index in [2.05, 4.69) is 0 Å². The first-order valence-electron chi connectivity index (χ1n) is 6.24. The van der Waals surface area contributed by atoms with Crippen molar-refractivity contribution >= 4 is 16.2 Å². The highest BCUT2D eigenvalue weighted by Crippen LogP contribution is 2.24. The van der Waals surface area contributed by atoms with E-state index in [9.17, 15) is 13.2 Å². The average Bonchev–Trinajstić information content (AvgIpc) is 2.85. The minimum absolute atomic E-state index is 0.0815. The van der Waals surface area contributed by atoms with Gasteiger partial charge in [-0.3, -0.25) is 4.79 Å². The highest BCUT2D eigenvalue weighted by atomic mass is 32.2. The fourth-order valence-electron chi connectivity index (χ4n) is 2.14. The third kappa shape index (κ3) is 3.43. The van der Waals surface area contributed by atoms with Gasteiger partial charge in [0.15, 0.2) is 0 Å². The molecule has 1 aliphatic rings. The first-order valence-corrected chi connectivity index (χ1v) is 7.63. The number of aliphatic carboxylic acids is 1. The lowest BCUT2D eigenvalue weighted by molar-refractivity contribution is -0.140. The summed E-state index contributed by atoms with van der Waals surface area (Å²) in [5.74, 6) is -1.55. The van der Waals surface area contributed by atoms with Gasteiger partial charge in [-0.2, -0.15) is 22.3 Å². The lowest BCUT2D eigenvalue weighted by Gasteiger charge is -2.29. The normalized spacial score (nSPS) is 22.3. The van der Waals surface area contributed by atoms with Gasteiger partial charge in [-0.25, -0.2) is 0 Å². The number of carboxylic acid groups (broad SMARTS) is 1. The third-order valence-corrected chi connectivity index (χ3v) is 5.25. The molecule has 0 aliphatic carbocycles. The van der Waals surface area contributed by atoms with E-state index >= 15 is 0 Å². The Morgan fingerprint density at radius 2 is 2.26 bits per heavy atom. The van der Waals surface area contributed by atoms with E-state index in [1.54, 1.807) is 13.8 Å². The molecule has 1 rings (SSSR count). The van der Waals surface area contributed by atoms with Gasteiger partial charge in [0.2, 0.25) is 0 Å². The molecule has 0 spiro atoms. The standard InChI is InChI=1S/C11H19N3O4S/c1-3-13(8-9(2)7-12)19(17,18)14-6-4-5-10(14)11(15)16/h9-10H,3-6,8H2,1-2H3,(H,15,16)/t9?,10-/m0/s1. The molecule has 7 nitrogen and oxygen atoms in total. The highest BCUT2D eigenvalue weighted by molar-refractivity contribution is 7.86. The number of carboxylic acids is 1. The van der Waals surface area contributed by atoms with Crippen LogP contribution < -0.4 is 0 Å². The molecule has 0 radical (unpaired) electrons. The molecule has 0 bridgehead atoms. The number of rotatable bonds is 6. The van der Waals surface area contributed by atoms with E-state index in [0.717, 1.165) is 4.31 Å². The SMILES string of the molecule is CCN(CC(C)C#N)S(=O)(=O)N1CCC[C@H]1C(=O)O. The van der Waals surface area contributed by atoms with E-state index < -0.39 is 28.1 Å². The van der Waals surface area contributed by atoms with Crippen molar-refractivity contribution in [3.8, 4) is 6.07 Å². The Kier molecular flexibility index (Phi) is 5.29. The molecular weight excluding hydrogens is 270 g/mol. The minimum Gasteiger partial charge on any atom is -0.480 e. The van der Waals surface area contributed by atoms with Gasteiger partial charge in [0, 0.05) is 19.6 Å². The summed E-state index contributed by atoms with van der Waals surface area (Å²) in [7, 11) is -3.82. The van der Waals surface area contributed by atoms with Crippen LogP contribution in [-0.2, 0) is 15.0 Å². The molecule has 1 unspecified atom stereocenters. The van der Waals surface area contributed by atoms with Crippen LogP contribution in [0.3, 0.4) is 0 Å². The molecule has 0 aromatic carbocycles. The summed E-state index contributed by atoms with van der Waals surface area (Å²) in [5.41, 5.74) is 0. The van der Waals surface area contributed by atoms with E-state index in [-0.39, 0.29) is 19.6 Å². The monoisotopic (exact) mass is 289 g/mol. The van der Waals surface area contributed by atoms with Crippen molar-refractivity contribution < 1.29 is 18.3 Å². The molecule has 0 saturated carbocycles. The predicted octanol–water partition coefficient (Wildman–Crippen LogP) is 0.262. The summed E-state index contributed by atoms with van der Waals surface area (Å²) in [5, 5.41) is 17.8. The molecule has 2 atom stereocenters. The van der Waals surface area contributed by atoms with Crippen LogP contribution in [0, 0.1) is 17.2 Å². The van der Waals surface area contributed by atoms with Crippen molar-refractivity contribution in [2.45, 2.75) is 32.7 Å². The van der Waals surface area contributed by atoms with Gasteiger partial charge in [-0.05, 0) is 19.8 Å². The Hall–Kier alpha value is -1.17. The maximum atomic E-state index is 12.4. The van der Waals surface area contributed by atoms with Crippen LogP contribution in [-0.4, -0.2) is 53.8 Å². The second-order valence-electron chi connectivity index (χ2n) is 4.60. The number of carbonyl (C=O) groups is 1. The summed E-state index contributed by atoms with van der Waals surface area (Å²) in [6.45, 7) is 3.83. The molecule has 0 aromatic heterocycles. The zero-order valence-electron chi connectivity index (χ0n) is 11.1. The number of hydrogen-bond acceptors (Lipinski definition) is 4. The fraction of sp³-hybridized carbons (Fsp3) is 0.818. The Morgan fingerprint density at radius 1 is 1.63 bits per heavy atom. The van der Waals surface area contributed by atoms with Crippen LogP contribution in [0.15, 0.2) is 0 Å². The largest absolute Gasteiger partial charge is 0.480 e. The van der Waals surface area contributed by atoms with Crippen molar-refractivity contribution in [2.75, 3.05) is 19.6 Å². The third-order valence-electron chi connectivity index (χ3n) is 3.16. The highest BCUT2D eigenvalue weighted by Gasteiger charge is 2.41. The van der Waals surface area contributed by atoms with Crippen LogP contribution in [0.2, 0.25) is 0 Å². The minimum atomic E-state index is -3.82. The number of nitrogens with zero attached hydrogens (tertiary/aromatic N) is 3. The second kappa shape index (κ2) is 6.32. The molecular formula is C11H19N3O4S. The Bertz CT molecular complexity index is 471. The molecule has 0 amide bonds. The van der Waals surface area contributed by atoms with Gasteiger partial charge in [-0.15, -0.1) is 0 Å². The quantitative estimate of drug-likeness (QED) is 0.755. The van der Waals surface area contributed by atoms with Crippen molar-refractivity contribution in [1.82, 2.24) is 8.61 Å². The first-order chi connectivity index (χ1) is 8.84. The predicted molar refractivity (Wildman–Crippen MR) is 68.3 cm³/mol. The second-order valence-corrected chi connectivity index (χ2v) is 6.48. The van der Waals surface area contributed by atoms with Crippen LogP contribution in [0.5, 0.6) is 0 Å². The van der Waals surface area contributed by atoms with Crippen molar-refractivity contribution in [3.63, 3.8) is 0 Å². The summed E-state index contributed by atoms with van der Waals surface area (Å²) in [4.78, 5) is 11.1. The van der Waals surface area contributed by atoms with Gasteiger partial charge < -0.3 is 5.11 Å². The molecule has 8 heteroatoms. The Balaban J connectivity index is 2.95. The molecule has 1 heterocycles. The summed E-state index contributed by atoms with van der Waals surface area (Å²) >= 11 is 0. The molecule has 1 aliphatic heterocycles. The van der Waals surface area contributed by atoms with Crippen LogP contribution in [0.4, 0.5) is 0 Å². The summed E-state index contributed by atoms with van der Waals surface area (Å²) in [6, 6.07) is 0.996. The van der Waals surface area contributed by atoms with Gasteiger partial charge in [0.25, 0.3) is 10.2 Å². The Morgan fingerprint density at radius 3 is 2.74 bits per heavy atom. The van der Waals surface area contributed by atoms with Crippen molar-refractivity contribution in [3.05, 3.63) is 0 Å². The maximum Gasteiger partial charge on any atom is 0.322 e. The van der Waals surface area contributed by atoms with Crippen LogP contribution >= 0.6 is 0 Å². The lowest BCUT2D eigenvalue weighted by Crippen LogP contribution is -2.49. The van der Waals surface area contributed by atoms with E-state index in [1.807, 2.05) is 6.07 Å². The lowest BCUT2D eigenvalue weighted by atomic mass is 10.2. The average molecular weight is 289 g/mol. The van der Waals surface area contributed by atoms with Gasteiger partial charge in [0.1, 0.15) is 6.04 Å². The van der Waals surface area contributed by atoms with Crippen molar-refractivity contribution in [1.29, 1.82) is 5.26 Å². The molecule has 19 heavy (non-hydrogen) atoms. The van der Waals surface area contributed by atoms with Crippen molar-refractivity contribution in [2.24, 2.45) is 5.92 Å². The zero-order chi connectivity index (χ0) is 14.6. The van der Waals surface area contributed by atoms with Crippen LogP contribution in [0.25, 0.3) is 0 Å². The van der Waals surface area contributed by atoms with E-state index in [0.29, 0.717) is 12.8 Å². The van der Waals surface area contributed by atoms with Gasteiger partial charge >= 0.3 is 5.97 Å².